The number of nitrogens with one attached hydrogen (secondary N) is 1. The lowest BCUT2D eigenvalue weighted by molar-refractivity contribution is -0.142. The molecule has 30 heavy (non-hydrogen) atoms. The van der Waals surface area contributed by atoms with Crippen molar-refractivity contribution in [1.29, 1.82) is 0 Å². The van der Waals surface area contributed by atoms with Crippen molar-refractivity contribution in [3.8, 4) is 5.75 Å². The maximum atomic E-state index is 12.9. The van der Waals surface area contributed by atoms with Gasteiger partial charge in [0.1, 0.15) is 6.26 Å². The maximum Gasteiger partial charge on any atom is 0.290 e. The van der Waals surface area contributed by atoms with Gasteiger partial charge in [-0.15, -0.1) is 0 Å². The van der Waals surface area contributed by atoms with Crippen LogP contribution < -0.4 is 15.5 Å². The summed E-state index contributed by atoms with van der Waals surface area (Å²) in [5.74, 6) is -1.76. The van der Waals surface area contributed by atoms with Gasteiger partial charge in [-0.1, -0.05) is 0 Å². The van der Waals surface area contributed by atoms with Crippen LogP contribution in [0.2, 0.25) is 0 Å². The normalized spacial score (nSPS) is 25.8. The number of rotatable bonds is 4. The Morgan fingerprint density at radius 2 is 1.87 bits per heavy atom. The lowest BCUT2D eigenvalue weighted by Crippen LogP contribution is -2.57. The van der Waals surface area contributed by atoms with Crippen LogP contribution in [-0.2, 0) is 14.4 Å². The van der Waals surface area contributed by atoms with Crippen LogP contribution in [0, 0.1) is 5.92 Å². The van der Waals surface area contributed by atoms with Gasteiger partial charge in [-0.3, -0.25) is 29.3 Å². The standard InChI is InChI=1S/C20H23N3O7/c1-29-16-10-30-15(7-14(16)24)20(28)23-12-3-4-13(23)9-22(8-12)18(26)6-11-2-5-17(25)21-19(11)27/h7,10-13H,2-6,8-9H2,1H3,(H,21,25,27). The van der Waals surface area contributed by atoms with E-state index in [1.165, 1.54) is 7.11 Å². The number of methoxy groups -OCH3 is 1. The quantitative estimate of drug-likeness (QED) is 0.678. The minimum atomic E-state index is -0.499. The number of nitrogens with zero attached hydrogens (tertiary/aromatic N) is 2. The molecule has 3 unspecified atom stereocenters. The van der Waals surface area contributed by atoms with Crippen LogP contribution in [-0.4, -0.2) is 65.7 Å². The van der Waals surface area contributed by atoms with Crippen LogP contribution in [0.1, 0.15) is 42.7 Å². The Morgan fingerprint density at radius 1 is 1.17 bits per heavy atom. The van der Waals surface area contributed by atoms with Crippen molar-refractivity contribution < 1.29 is 28.3 Å². The molecular formula is C20H23N3O7. The van der Waals surface area contributed by atoms with Gasteiger partial charge >= 0.3 is 0 Å². The Morgan fingerprint density at radius 3 is 2.47 bits per heavy atom. The summed E-state index contributed by atoms with van der Waals surface area (Å²) >= 11 is 0. The van der Waals surface area contributed by atoms with Gasteiger partial charge in [0.05, 0.1) is 19.2 Å². The average Bonchev–Trinajstić information content (AvgIpc) is 2.98. The third-order valence-corrected chi connectivity index (χ3v) is 6.07. The highest BCUT2D eigenvalue weighted by molar-refractivity contribution is 6.00. The van der Waals surface area contributed by atoms with Crippen molar-refractivity contribution in [1.82, 2.24) is 15.1 Å². The minimum Gasteiger partial charge on any atom is -0.490 e. The Hall–Kier alpha value is -3.17. The monoisotopic (exact) mass is 417 g/mol. The Balaban J connectivity index is 1.42. The van der Waals surface area contributed by atoms with Crippen LogP contribution in [0.15, 0.2) is 21.5 Å². The maximum absolute atomic E-state index is 12.9. The molecule has 4 heterocycles. The van der Waals surface area contributed by atoms with Gasteiger partial charge in [0.15, 0.2) is 5.76 Å². The van der Waals surface area contributed by atoms with Crippen molar-refractivity contribution >= 4 is 23.6 Å². The van der Waals surface area contributed by atoms with Crippen LogP contribution >= 0.6 is 0 Å². The van der Waals surface area contributed by atoms with Crippen molar-refractivity contribution in [3.63, 3.8) is 0 Å². The van der Waals surface area contributed by atoms with E-state index in [0.29, 0.717) is 19.5 Å². The molecule has 1 aromatic rings. The predicted molar refractivity (Wildman–Crippen MR) is 102 cm³/mol. The number of fused-ring (bicyclic) bond motifs is 2. The van der Waals surface area contributed by atoms with Crippen LogP contribution in [0.5, 0.6) is 5.75 Å². The lowest BCUT2D eigenvalue weighted by Gasteiger charge is -2.41. The van der Waals surface area contributed by atoms with E-state index in [-0.39, 0.29) is 54.2 Å². The summed E-state index contributed by atoms with van der Waals surface area (Å²) in [6.07, 6.45) is 3.29. The third kappa shape index (κ3) is 3.69. The number of piperazine rings is 1. The summed E-state index contributed by atoms with van der Waals surface area (Å²) < 4.78 is 10.2. The molecule has 3 aliphatic rings. The third-order valence-electron chi connectivity index (χ3n) is 6.07. The molecule has 0 aromatic carbocycles. The molecule has 3 saturated heterocycles. The van der Waals surface area contributed by atoms with E-state index in [1.54, 1.807) is 9.80 Å². The molecule has 0 spiro atoms. The first-order chi connectivity index (χ1) is 14.4. The number of amides is 4. The summed E-state index contributed by atoms with van der Waals surface area (Å²) in [5, 5.41) is 2.27. The number of hydrogen-bond donors (Lipinski definition) is 1. The summed E-state index contributed by atoms with van der Waals surface area (Å²) in [4.78, 5) is 64.3. The highest BCUT2D eigenvalue weighted by atomic mass is 16.5. The first-order valence-corrected chi connectivity index (χ1v) is 9.98. The Bertz CT molecular complexity index is 942. The molecule has 3 aliphatic heterocycles. The second-order valence-corrected chi connectivity index (χ2v) is 7.93. The topological polar surface area (TPSA) is 126 Å². The number of hydrogen-bond acceptors (Lipinski definition) is 7. The summed E-state index contributed by atoms with van der Waals surface area (Å²) in [6.45, 7) is 0.740. The van der Waals surface area contributed by atoms with Crippen LogP contribution in [0.4, 0.5) is 0 Å². The molecule has 10 nitrogen and oxygen atoms in total. The van der Waals surface area contributed by atoms with Crippen molar-refractivity contribution in [2.45, 2.75) is 44.2 Å². The second-order valence-electron chi connectivity index (χ2n) is 7.93. The van der Waals surface area contributed by atoms with Crippen molar-refractivity contribution in [3.05, 3.63) is 28.3 Å². The summed E-state index contributed by atoms with van der Waals surface area (Å²) in [6, 6.07) is 0.782. The molecule has 0 saturated carbocycles. The molecule has 10 heteroatoms. The van der Waals surface area contributed by atoms with Gasteiger partial charge in [-0.2, -0.15) is 0 Å². The molecule has 1 aromatic heterocycles. The van der Waals surface area contributed by atoms with E-state index >= 15 is 0 Å². The fourth-order valence-electron chi connectivity index (χ4n) is 4.50. The zero-order chi connectivity index (χ0) is 21.4. The number of carbonyl (C=O) groups is 4. The van der Waals surface area contributed by atoms with E-state index in [0.717, 1.165) is 25.2 Å². The van der Waals surface area contributed by atoms with E-state index in [2.05, 4.69) is 5.32 Å². The molecule has 3 fully saturated rings. The zero-order valence-corrected chi connectivity index (χ0v) is 16.6. The van der Waals surface area contributed by atoms with Gasteiger partial charge in [0.25, 0.3) is 5.91 Å². The first kappa shape index (κ1) is 20.1. The molecule has 4 rings (SSSR count). The minimum absolute atomic E-state index is 0.0263. The fraction of sp³-hybridized carbons (Fsp3) is 0.550. The van der Waals surface area contributed by atoms with Crippen molar-refractivity contribution in [2.75, 3.05) is 20.2 Å². The fourth-order valence-corrected chi connectivity index (χ4v) is 4.50. The predicted octanol–water partition coefficient (Wildman–Crippen LogP) is -0.0933. The van der Waals surface area contributed by atoms with E-state index in [9.17, 15) is 24.0 Å². The number of carbonyl (C=O) groups excluding carboxylic acids is 4. The van der Waals surface area contributed by atoms with Gasteiger partial charge in [0, 0.05) is 37.9 Å². The van der Waals surface area contributed by atoms with Crippen molar-refractivity contribution in [2.24, 2.45) is 5.92 Å². The molecule has 160 valence electrons. The zero-order valence-electron chi connectivity index (χ0n) is 16.6. The molecule has 2 bridgehead atoms. The number of piperidine rings is 1. The van der Waals surface area contributed by atoms with Crippen LogP contribution in [0.3, 0.4) is 0 Å². The molecule has 0 radical (unpaired) electrons. The largest absolute Gasteiger partial charge is 0.490 e. The number of imide groups is 1. The molecular weight excluding hydrogens is 394 g/mol. The van der Waals surface area contributed by atoms with Gasteiger partial charge < -0.3 is 19.0 Å². The van der Waals surface area contributed by atoms with Crippen LogP contribution in [0.25, 0.3) is 0 Å². The second kappa shape index (κ2) is 7.92. The average molecular weight is 417 g/mol. The van der Waals surface area contributed by atoms with Gasteiger partial charge in [0.2, 0.25) is 28.9 Å². The SMILES string of the molecule is COc1coc(C(=O)N2C3CCC2CN(C(=O)CC2CCC(=O)NC2=O)C3)cc1=O. The number of ether oxygens (including phenoxy) is 1. The molecule has 0 aliphatic carbocycles. The highest BCUT2D eigenvalue weighted by Gasteiger charge is 2.45. The number of likely N-dealkylation sites (tertiary alicyclic amines) is 1. The molecule has 1 N–H and O–H groups in total. The van der Waals surface area contributed by atoms with E-state index < -0.39 is 17.3 Å². The first-order valence-electron chi connectivity index (χ1n) is 9.98. The summed E-state index contributed by atoms with van der Waals surface area (Å²) in [7, 11) is 1.35. The smallest absolute Gasteiger partial charge is 0.290 e. The lowest BCUT2D eigenvalue weighted by atomic mass is 9.94. The van der Waals surface area contributed by atoms with E-state index in [4.69, 9.17) is 9.15 Å². The Labute approximate surface area is 172 Å². The highest BCUT2D eigenvalue weighted by Crippen LogP contribution is 2.32. The Kier molecular flexibility index (Phi) is 5.31. The summed E-state index contributed by atoms with van der Waals surface area (Å²) in [5.41, 5.74) is -0.433. The molecule has 4 amide bonds. The van der Waals surface area contributed by atoms with E-state index in [1.807, 2.05) is 0 Å². The van der Waals surface area contributed by atoms with Gasteiger partial charge in [-0.25, -0.2) is 0 Å². The molecule has 3 atom stereocenters. The van der Waals surface area contributed by atoms with Gasteiger partial charge in [-0.05, 0) is 19.3 Å².